The molecular formula is C77H148O6. The molecule has 1 unspecified atom stereocenters. The Morgan fingerprint density at radius 2 is 0.398 bits per heavy atom. The smallest absolute Gasteiger partial charge is 0.306 e. The van der Waals surface area contributed by atoms with Crippen LogP contribution in [0.5, 0.6) is 0 Å². The van der Waals surface area contributed by atoms with Crippen LogP contribution in [-0.2, 0) is 28.6 Å². The largest absolute Gasteiger partial charge is 0.462 e. The third-order valence-electron chi connectivity index (χ3n) is 17.8. The fourth-order valence-corrected chi connectivity index (χ4v) is 12.0. The third-order valence-corrected chi connectivity index (χ3v) is 17.8. The Bertz CT molecular complexity index is 1300. The van der Waals surface area contributed by atoms with E-state index in [4.69, 9.17) is 14.2 Å². The van der Waals surface area contributed by atoms with Crippen molar-refractivity contribution in [1.82, 2.24) is 0 Å². The lowest BCUT2D eigenvalue weighted by atomic mass is 10.0. The number of hydrogen-bond acceptors (Lipinski definition) is 6. The molecule has 0 radical (unpaired) electrons. The zero-order chi connectivity index (χ0) is 59.9. The Morgan fingerprint density at radius 3 is 0.602 bits per heavy atom. The molecule has 0 rings (SSSR count). The van der Waals surface area contributed by atoms with E-state index >= 15 is 0 Å². The summed E-state index contributed by atoms with van der Waals surface area (Å²) in [6.07, 6.45) is 88.3. The molecule has 83 heavy (non-hydrogen) atoms. The van der Waals surface area contributed by atoms with E-state index < -0.39 is 6.10 Å². The van der Waals surface area contributed by atoms with Gasteiger partial charge in [0.05, 0.1) is 0 Å². The summed E-state index contributed by atoms with van der Waals surface area (Å²) in [6, 6.07) is 0. The first-order valence-corrected chi connectivity index (χ1v) is 38.2. The third kappa shape index (κ3) is 70.8. The fraction of sp³-hybridized carbons (Fsp3) is 0.935. The molecule has 0 amide bonds. The van der Waals surface area contributed by atoms with E-state index in [1.54, 1.807) is 0 Å². The molecule has 0 aliphatic carbocycles. The topological polar surface area (TPSA) is 78.9 Å². The van der Waals surface area contributed by atoms with Crippen LogP contribution >= 0.6 is 0 Å². The maximum absolute atomic E-state index is 13.0. The Balaban J connectivity index is 4.23. The highest BCUT2D eigenvalue weighted by molar-refractivity contribution is 5.71. The Labute approximate surface area is 520 Å². The normalized spacial score (nSPS) is 12.0. The van der Waals surface area contributed by atoms with Gasteiger partial charge < -0.3 is 14.2 Å². The molecule has 0 bridgehead atoms. The first kappa shape index (κ1) is 81.2. The standard InChI is InChI=1S/C77H148O6/c1-4-7-10-13-16-19-22-25-28-31-34-36-37-38-39-40-41-42-44-46-49-52-55-58-61-64-67-70-76(79)82-73-74(72-81-75(78)69-66-63-60-57-54-51-48-45-33-30-27-24-21-18-15-12-9-6-3)83-77(80)71-68-65-62-59-56-53-50-47-43-35-32-29-26-23-20-17-14-11-8-5-2/h30,33,74H,4-29,31-32,34-73H2,1-3H3/b33-30-. The summed E-state index contributed by atoms with van der Waals surface area (Å²) in [5.74, 6) is -0.827. The van der Waals surface area contributed by atoms with E-state index in [2.05, 4.69) is 32.9 Å². The number of ether oxygens (including phenoxy) is 3. The van der Waals surface area contributed by atoms with Gasteiger partial charge in [-0.05, 0) is 44.9 Å². The number of allylic oxidation sites excluding steroid dienone is 2. The molecule has 0 aliphatic rings. The lowest BCUT2D eigenvalue weighted by molar-refractivity contribution is -0.167. The first-order valence-electron chi connectivity index (χ1n) is 38.2. The summed E-state index contributed by atoms with van der Waals surface area (Å²) < 4.78 is 17.1. The summed E-state index contributed by atoms with van der Waals surface area (Å²) in [7, 11) is 0. The summed E-state index contributed by atoms with van der Waals surface area (Å²) in [4.78, 5) is 38.6. The van der Waals surface area contributed by atoms with Crippen LogP contribution in [0.4, 0.5) is 0 Å². The van der Waals surface area contributed by atoms with Gasteiger partial charge in [-0.15, -0.1) is 0 Å². The molecular weight excluding hydrogens is 1020 g/mol. The second-order valence-electron chi connectivity index (χ2n) is 26.3. The number of unbranched alkanes of at least 4 members (excludes halogenated alkanes) is 59. The predicted octanol–water partition coefficient (Wildman–Crippen LogP) is 26.3. The Hall–Kier alpha value is -1.85. The molecule has 0 aromatic heterocycles. The summed E-state index contributed by atoms with van der Waals surface area (Å²) in [5, 5.41) is 0. The van der Waals surface area contributed by atoms with E-state index in [1.165, 1.54) is 347 Å². The van der Waals surface area contributed by atoms with Crippen molar-refractivity contribution in [1.29, 1.82) is 0 Å². The predicted molar refractivity (Wildman–Crippen MR) is 363 cm³/mol. The van der Waals surface area contributed by atoms with Crippen LogP contribution in [0.3, 0.4) is 0 Å². The monoisotopic (exact) mass is 1170 g/mol. The van der Waals surface area contributed by atoms with E-state index in [1.807, 2.05) is 0 Å². The molecule has 1 atom stereocenters. The van der Waals surface area contributed by atoms with E-state index in [0.29, 0.717) is 19.3 Å². The first-order chi connectivity index (χ1) is 41.0. The lowest BCUT2D eigenvalue weighted by Gasteiger charge is -2.18. The molecule has 0 N–H and O–H groups in total. The molecule has 0 aromatic rings. The van der Waals surface area contributed by atoms with E-state index in [0.717, 1.165) is 57.8 Å². The van der Waals surface area contributed by atoms with Crippen molar-refractivity contribution in [2.24, 2.45) is 0 Å². The van der Waals surface area contributed by atoms with Crippen LogP contribution in [0.2, 0.25) is 0 Å². The van der Waals surface area contributed by atoms with Crippen LogP contribution < -0.4 is 0 Å². The summed E-state index contributed by atoms with van der Waals surface area (Å²) >= 11 is 0. The second kappa shape index (κ2) is 72.6. The summed E-state index contributed by atoms with van der Waals surface area (Å²) in [5.41, 5.74) is 0. The van der Waals surface area contributed by atoms with Crippen molar-refractivity contribution in [3.63, 3.8) is 0 Å². The number of hydrogen-bond donors (Lipinski definition) is 0. The van der Waals surface area contributed by atoms with E-state index in [-0.39, 0.29) is 31.1 Å². The maximum Gasteiger partial charge on any atom is 0.306 e. The quantitative estimate of drug-likeness (QED) is 0.0261. The highest BCUT2D eigenvalue weighted by Crippen LogP contribution is 2.20. The molecule has 6 nitrogen and oxygen atoms in total. The van der Waals surface area contributed by atoms with Crippen molar-refractivity contribution >= 4 is 17.9 Å². The molecule has 492 valence electrons. The van der Waals surface area contributed by atoms with Crippen molar-refractivity contribution in [2.75, 3.05) is 13.2 Å². The van der Waals surface area contributed by atoms with Gasteiger partial charge in [0.15, 0.2) is 6.10 Å². The van der Waals surface area contributed by atoms with Gasteiger partial charge in [0, 0.05) is 19.3 Å². The zero-order valence-corrected chi connectivity index (χ0v) is 56.8. The molecule has 0 saturated heterocycles. The summed E-state index contributed by atoms with van der Waals surface area (Å²) in [6.45, 7) is 6.74. The average molecular weight is 1170 g/mol. The molecule has 0 heterocycles. The molecule has 0 spiro atoms. The highest BCUT2D eigenvalue weighted by Gasteiger charge is 2.20. The highest BCUT2D eigenvalue weighted by atomic mass is 16.6. The van der Waals surface area contributed by atoms with Gasteiger partial charge in [-0.1, -0.05) is 392 Å². The van der Waals surface area contributed by atoms with Crippen molar-refractivity contribution in [3.8, 4) is 0 Å². The van der Waals surface area contributed by atoms with Crippen LogP contribution in [0, 0.1) is 0 Å². The minimum Gasteiger partial charge on any atom is -0.462 e. The second-order valence-corrected chi connectivity index (χ2v) is 26.3. The van der Waals surface area contributed by atoms with Gasteiger partial charge in [0.25, 0.3) is 0 Å². The molecule has 6 heteroatoms. The van der Waals surface area contributed by atoms with Crippen LogP contribution in [-0.4, -0.2) is 37.2 Å². The van der Waals surface area contributed by atoms with Crippen molar-refractivity contribution < 1.29 is 28.6 Å². The Morgan fingerprint density at radius 1 is 0.229 bits per heavy atom. The zero-order valence-electron chi connectivity index (χ0n) is 56.8. The number of carbonyl (C=O) groups excluding carboxylic acids is 3. The van der Waals surface area contributed by atoms with Crippen LogP contribution in [0.25, 0.3) is 0 Å². The molecule has 0 aliphatic heterocycles. The lowest BCUT2D eigenvalue weighted by Crippen LogP contribution is -2.30. The fourth-order valence-electron chi connectivity index (χ4n) is 12.0. The number of esters is 3. The van der Waals surface area contributed by atoms with Crippen molar-refractivity contribution in [2.45, 2.75) is 451 Å². The maximum atomic E-state index is 13.0. The SMILES string of the molecule is CCCCCCCCC/C=C\CCCCCCCCCC(=O)OCC(COC(=O)CCCCCCCCCCCCCCCCCCCCCCCCCCCCC)OC(=O)CCCCCCCCCCCCCCCCCCCCCC. The van der Waals surface area contributed by atoms with Crippen molar-refractivity contribution in [3.05, 3.63) is 12.2 Å². The number of carbonyl (C=O) groups is 3. The van der Waals surface area contributed by atoms with Gasteiger partial charge >= 0.3 is 17.9 Å². The average Bonchev–Trinajstić information content (AvgIpc) is 3.50. The van der Waals surface area contributed by atoms with E-state index in [9.17, 15) is 14.4 Å². The van der Waals surface area contributed by atoms with Gasteiger partial charge in [-0.3, -0.25) is 14.4 Å². The van der Waals surface area contributed by atoms with Gasteiger partial charge in [0.1, 0.15) is 13.2 Å². The minimum atomic E-state index is -0.769. The Kier molecular flexibility index (Phi) is 71.0. The van der Waals surface area contributed by atoms with Crippen LogP contribution in [0.15, 0.2) is 12.2 Å². The van der Waals surface area contributed by atoms with Crippen LogP contribution in [0.1, 0.15) is 445 Å². The molecule has 0 fully saturated rings. The molecule has 0 saturated carbocycles. The minimum absolute atomic E-state index is 0.0639. The van der Waals surface area contributed by atoms with Gasteiger partial charge in [-0.2, -0.15) is 0 Å². The number of rotatable bonds is 72. The molecule has 0 aromatic carbocycles. The van der Waals surface area contributed by atoms with Gasteiger partial charge in [-0.25, -0.2) is 0 Å². The van der Waals surface area contributed by atoms with Gasteiger partial charge in [0.2, 0.25) is 0 Å².